The second kappa shape index (κ2) is 5.51. The molecule has 1 N–H and O–H groups in total. The van der Waals surface area contributed by atoms with Crippen molar-refractivity contribution in [2.24, 2.45) is 0 Å². The summed E-state index contributed by atoms with van der Waals surface area (Å²) >= 11 is 6.00. The topological polar surface area (TPSA) is 72.2 Å². The number of halogens is 4. The average Bonchev–Trinajstić information content (AvgIpc) is 2.88. The van der Waals surface area contributed by atoms with E-state index in [0.29, 0.717) is 12.1 Å². The highest BCUT2D eigenvalue weighted by Gasteiger charge is 2.24. The van der Waals surface area contributed by atoms with Gasteiger partial charge in [-0.15, -0.1) is 0 Å². The molecule has 0 unspecified atom stereocenters. The highest BCUT2D eigenvalue weighted by atomic mass is 35.5. The zero-order chi connectivity index (χ0) is 16.7. The molecule has 0 radical (unpaired) electrons. The minimum Gasteiger partial charge on any atom is -0.310 e. The number of carbonyl (C=O) groups excluding carboxylic acids is 1. The van der Waals surface area contributed by atoms with Crippen LogP contribution in [0.1, 0.15) is 6.92 Å². The van der Waals surface area contributed by atoms with Crippen molar-refractivity contribution in [3.8, 4) is 11.1 Å². The molecule has 3 rings (SSSR count). The maximum atomic E-state index is 14.1. The van der Waals surface area contributed by atoms with Gasteiger partial charge < -0.3 is 5.32 Å². The van der Waals surface area contributed by atoms with Crippen LogP contribution in [-0.4, -0.2) is 25.5 Å². The number of carbonyl (C=O) groups is 1. The van der Waals surface area contributed by atoms with Gasteiger partial charge in [0.15, 0.2) is 0 Å². The van der Waals surface area contributed by atoms with Crippen LogP contribution in [0.2, 0.25) is 5.15 Å². The van der Waals surface area contributed by atoms with E-state index < -0.39 is 28.9 Å². The summed E-state index contributed by atoms with van der Waals surface area (Å²) in [6.45, 7) is 1.19. The third-order valence-electron chi connectivity index (χ3n) is 2.93. The third kappa shape index (κ3) is 2.59. The van der Waals surface area contributed by atoms with Gasteiger partial charge in [0.1, 0.15) is 34.7 Å². The second-order valence-corrected chi connectivity index (χ2v) is 4.88. The number of hydrogen-bond acceptors (Lipinski definition) is 4. The summed E-state index contributed by atoms with van der Waals surface area (Å²) < 4.78 is 42.4. The van der Waals surface area contributed by atoms with E-state index >= 15 is 0 Å². The van der Waals surface area contributed by atoms with Crippen LogP contribution in [0.25, 0.3) is 16.9 Å². The fourth-order valence-electron chi connectivity index (χ4n) is 2.10. The molecule has 0 fully saturated rings. The molecule has 3 aromatic rings. The quantitative estimate of drug-likeness (QED) is 0.727. The highest BCUT2D eigenvalue weighted by molar-refractivity contribution is 6.33. The fourth-order valence-corrected chi connectivity index (χ4v) is 2.36. The Hall–Kier alpha value is -2.68. The Morgan fingerprint density at radius 2 is 1.87 bits per heavy atom. The van der Waals surface area contributed by atoms with Gasteiger partial charge in [-0.25, -0.2) is 13.2 Å². The number of anilines is 1. The number of nitrogens with one attached hydrogen (secondary N) is 1. The second-order valence-electron chi connectivity index (χ2n) is 4.52. The largest absolute Gasteiger partial charge is 0.310 e. The van der Waals surface area contributed by atoms with Gasteiger partial charge in [0.25, 0.3) is 5.78 Å². The molecule has 0 saturated heterocycles. The van der Waals surface area contributed by atoms with Crippen molar-refractivity contribution in [3.63, 3.8) is 0 Å². The number of rotatable bonds is 2. The lowest BCUT2D eigenvalue weighted by atomic mass is 10.1. The van der Waals surface area contributed by atoms with E-state index in [9.17, 15) is 18.0 Å². The summed E-state index contributed by atoms with van der Waals surface area (Å²) in [6.07, 6.45) is 1.13. The number of amides is 1. The van der Waals surface area contributed by atoms with Crippen LogP contribution in [0.15, 0.2) is 18.5 Å². The first-order valence-electron chi connectivity index (χ1n) is 6.20. The molecule has 10 heteroatoms. The Kier molecular flexibility index (Phi) is 3.64. The Morgan fingerprint density at radius 1 is 1.22 bits per heavy atom. The van der Waals surface area contributed by atoms with Crippen LogP contribution in [0.4, 0.5) is 19.0 Å². The van der Waals surface area contributed by atoms with Gasteiger partial charge in [-0.05, 0) is 0 Å². The van der Waals surface area contributed by atoms with Crippen LogP contribution in [-0.2, 0) is 4.79 Å². The van der Waals surface area contributed by atoms with Crippen molar-refractivity contribution in [1.82, 2.24) is 19.6 Å². The first-order valence-corrected chi connectivity index (χ1v) is 6.58. The predicted molar refractivity (Wildman–Crippen MR) is 75.4 cm³/mol. The molecule has 0 aliphatic carbocycles. The molecule has 0 saturated carbocycles. The number of aromatic nitrogens is 4. The molecular formula is C13H7ClF3N5O. The molecule has 118 valence electrons. The summed E-state index contributed by atoms with van der Waals surface area (Å²) in [7, 11) is 0. The smallest absolute Gasteiger partial charge is 0.255 e. The first kappa shape index (κ1) is 15.2. The Bertz CT molecular complexity index is 920. The van der Waals surface area contributed by atoms with Gasteiger partial charge in [-0.3, -0.25) is 4.79 Å². The van der Waals surface area contributed by atoms with E-state index in [4.69, 9.17) is 11.6 Å². The monoisotopic (exact) mass is 341 g/mol. The van der Waals surface area contributed by atoms with Gasteiger partial charge in [0.2, 0.25) is 5.91 Å². The molecule has 1 amide bonds. The van der Waals surface area contributed by atoms with Crippen molar-refractivity contribution in [1.29, 1.82) is 0 Å². The summed E-state index contributed by atoms with van der Waals surface area (Å²) in [5.41, 5.74) is -0.903. The van der Waals surface area contributed by atoms with Gasteiger partial charge in [-0.1, -0.05) is 11.6 Å². The van der Waals surface area contributed by atoms with E-state index in [2.05, 4.69) is 20.4 Å². The molecule has 23 heavy (non-hydrogen) atoms. The maximum Gasteiger partial charge on any atom is 0.255 e. The molecule has 0 bridgehead atoms. The van der Waals surface area contributed by atoms with Crippen LogP contribution in [0.3, 0.4) is 0 Å². The lowest BCUT2D eigenvalue weighted by Crippen LogP contribution is -2.14. The molecular weight excluding hydrogens is 335 g/mol. The Labute approximate surface area is 131 Å². The minimum absolute atomic E-state index is 0.0189. The highest BCUT2D eigenvalue weighted by Crippen LogP contribution is 2.37. The Balaban J connectivity index is 2.41. The van der Waals surface area contributed by atoms with Gasteiger partial charge in [-0.2, -0.15) is 19.6 Å². The molecule has 0 spiro atoms. The lowest BCUT2D eigenvalue weighted by molar-refractivity contribution is -0.114. The molecule has 1 aromatic carbocycles. The number of hydrogen-bond donors (Lipinski definition) is 1. The number of benzene rings is 1. The van der Waals surface area contributed by atoms with Gasteiger partial charge in [0, 0.05) is 19.1 Å². The summed E-state index contributed by atoms with van der Waals surface area (Å²) in [6, 6.07) is 0.996. The molecule has 2 heterocycles. The average molecular weight is 342 g/mol. The maximum absolute atomic E-state index is 14.1. The normalized spacial score (nSPS) is 11.0. The van der Waals surface area contributed by atoms with Crippen molar-refractivity contribution in [2.75, 3.05) is 5.32 Å². The number of fused-ring (bicyclic) bond motifs is 1. The fraction of sp³-hybridized carbons (Fsp3) is 0.0769. The van der Waals surface area contributed by atoms with Crippen molar-refractivity contribution >= 4 is 29.1 Å². The van der Waals surface area contributed by atoms with Crippen LogP contribution < -0.4 is 5.32 Å². The zero-order valence-corrected chi connectivity index (χ0v) is 12.2. The van der Waals surface area contributed by atoms with E-state index in [0.717, 1.165) is 10.8 Å². The van der Waals surface area contributed by atoms with Crippen LogP contribution in [0.5, 0.6) is 0 Å². The lowest BCUT2D eigenvalue weighted by Gasteiger charge is -2.14. The van der Waals surface area contributed by atoms with Gasteiger partial charge in [0.05, 0.1) is 11.1 Å². The third-order valence-corrected chi connectivity index (χ3v) is 3.21. The zero-order valence-electron chi connectivity index (χ0n) is 11.4. The molecule has 0 aliphatic heterocycles. The van der Waals surface area contributed by atoms with Crippen molar-refractivity contribution in [3.05, 3.63) is 41.1 Å². The first-order chi connectivity index (χ1) is 10.9. The molecule has 0 aliphatic rings. The summed E-state index contributed by atoms with van der Waals surface area (Å²) in [4.78, 5) is 19.1. The Morgan fingerprint density at radius 3 is 2.48 bits per heavy atom. The van der Waals surface area contributed by atoms with Crippen molar-refractivity contribution < 1.29 is 18.0 Å². The van der Waals surface area contributed by atoms with Crippen LogP contribution in [0, 0.1) is 17.5 Å². The van der Waals surface area contributed by atoms with E-state index in [1.807, 2.05) is 0 Å². The minimum atomic E-state index is -1.20. The van der Waals surface area contributed by atoms with Crippen molar-refractivity contribution in [2.45, 2.75) is 6.92 Å². The molecule has 2 aromatic heterocycles. The summed E-state index contributed by atoms with van der Waals surface area (Å²) in [5, 5.41) is 5.89. The standard InChI is InChI=1S/C13H7ClF3N5O/c1-5(23)20-12-10(9-7(16)2-6(15)3-8(9)17)11(14)21-13-18-4-19-22(12)13/h2-4H,1H3,(H,20,23). The molecule has 0 atom stereocenters. The number of nitrogens with zero attached hydrogens (tertiary/aromatic N) is 4. The van der Waals surface area contributed by atoms with E-state index in [1.54, 1.807) is 0 Å². The molecule has 6 nitrogen and oxygen atoms in total. The SMILES string of the molecule is CC(=O)Nc1c(-c2c(F)cc(F)cc2F)c(Cl)nc2ncnn12. The van der Waals surface area contributed by atoms with E-state index in [-0.39, 0.29) is 22.3 Å². The predicted octanol–water partition coefficient (Wildman–Crippen LogP) is 2.82. The van der Waals surface area contributed by atoms with Crippen LogP contribution >= 0.6 is 11.6 Å². The summed E-state index contributed by atoms with van der Waals surface area (Å²) in [5.74, 6) is -4.13. The van der Waals surface area contributed by atoms with Gasteiger partial charge >= 0.3 is 0 Å². The van der Waals surface area contributed by atoms with E-state index in [1.165, 1.54) is 6.92 Å².